The molecule has 1 aliphatic rings. The number of benzene rings is 1. The van der Waals surface area contributed by atoms with Crippen LogP contribution in [0, 0.1) is 0 Å². The number of nitrogens with zero attached hydrogens (tertiary/aromatic N) is 2. The molecule has 1 atom stereocenters. The van der Waals surface area contributed by atoms with Crippen LogP contribution in [0.15, 0.2) is 40.3 Å². The molecule has 0 aliphatic carbocycles. The van der Waals surface area contributed by atoms with Crippen molar-refractivity contribution in [2.75, 3.05) is 18.8 Å². The molecule has 1 fully saturated rings. The monoisotopic (exact) mass is 277 g/mol. The molecule has 0 radical (unpaired) electrons. The van der Waals surface area contributed by atoms with Crippen molar-refractivity contribution in [3.8, 4) is 0 Å². The van der Waals surface area contributed by atoms with Crippen LogP contribution in [0.4, 0.5) is 0 Å². The molecule has 1 amide bonds. The van der Waals surface area contributed by atoms with E-state index in [-0.39, 0.29) is 0 Å². The summed E-state index contributed by atoms with van der Waals surface area (Å²) in [5.74, 6) is 1.06. The van der Waals surface area contributed by atoms with Gasteiger partial charge in [0.25, 0.3) is 0 Å². The van der Waals surface area contributed by atoms with Gasteiger partial charge in [0, 0.05) is 23.4 Å². The SMILES string of the molecule is O=CNC/C=N/N1CCC[C@H]1CSc1ccccc1. The smallest absolute Gasteiger partial charge is 0.207 e. The van der Waals surface area contributed by atoms with Gasteiger partial charge in [-0.15, -0.1) is 11.8 Å². The predicted octanol–water partition coefficient (Wildman–Crippen LogP) is 1.97. The topological polar surface area (TPSA) is 44.7 Å². The summed E-state index contributed by atoms with van der Waals surface area (Å²) >= 11 is 1.88. The largest absolute Gasteiger partial charge is 0.354 e. The van der Waals surface area contributed by atoms with Gasteiger partial charge in [0.15, 0.2) is 0 Å². The molecule has 1 N–H and O–H groups in total. The molecule has 102 valence electrons. The Balaban J connectivity index is 1.78. The molecular formula is C14H19N3OS. The van der Waals surface area contributed by atoms with Crippen LogP contribution in [0.25, 0.3) is 0 Å². The lowest BCUT2D eigenvalue weighted by atomic mass is 10.2. The number of carbonyl (C=O) groups is 1. The van der Waals surface area contributed by atoms with Gasteiger partial charge in [-0.2, -0.15) is 5.10 Å². The van der Waals surface area contributed by atoms with Gasteiger partial charge in [-0.3, -0.25) is 9.80 Å². The summed E-state index contributed by atoms with van der Waals surface area (Å²) in [5, 5.41) is 9.15. The van der Waals surface area contributed by atoms with Gasteiger partial charge < -0.3 is 5.32 Å². The van der Waals surface area contributed by atoms with Gasteiger partial charge >= 0.3 is 0 Å². The summed E-state index contributed by atoms with van der Waals surface area (Å²) in [4.78, 5) is 11.4. The molecule has 1 aliphatic heterocycles. The molecule has 4 nitrogen and oxygen atoms in total. The number of hydrogen-bond acceptors (Lipinski definition) is 4. The van der Waals surface area contributed by atoms with E-state index >= 15 is 0 Å². The molecule has 19 heavy (non-hydrogen) atoms. The van der Waals surface area contributed by atoms with E-state index in [9.17, 15) is 4.79 Å². The first-order valence-corrected chi connectivity index (χ1v) is 7.52. The molecule has 0 bridgehead atoms. The number of nitrogens with one attached hydrogen (secondary N) is 1. The van der Waals surface area contributed by atoms with E-state index in [0.29, 0.717) is 19.0 Å². The predicted molar refractivity (Wildman–Crippen MR) is 79.5 cm³/mol. The first kappa shape index (κ1) is 13.9. The Morgan fingerprint density at radius 3 is 3.05 bits per heavy atom. The molecule has 2 rings (SSSR count). The van der Waals surface area contributed by atoms with Crippen molar-refractivity contribution in [3.05, 3.63) is 30.3 Å². The summed E-state index contributed by atoms with van der Waals surface area (Å²) in [6.45, 7) is 1.51. The summed E-state index contributed by atoms with van der Waals surface area (Å²) in [7, 11) is 0. The molecule has 0 unspecified atom stereocenters. The fraction of sp³-hybridized carbons (Fsp3) is 0.429. The maximum atomic E-state index is 10.1. The van der Waals surface area contributed by atoms with Crippen LogP contribution in [0.1, 0.15) is 12.8 Å². The molecule has 0 aromatic heterocycles. The van der Waals surface area contributed by atoms with Gasteiger partial charge in [0.1, 0.15) is 0 Å². The van der Waals surface area contributed by atoms with Crippen molar-refractivity contribution in [2.24, 2.45) is 5.10 Å². The normalized spacial score (nSPS) is 18.9. The lowest BCUT2D eigenvalue weighted by Gasteiger charge is -2.20. The zero-order chi connectivity index (χ0) is 13.3. The van der Waals surface area contributed by atoms with E-state index in [1.807, 2.05) is 17.8 Å². The minimum absolute atomic E-state index is 0.498. The second-order valence-corrected chi connectivity index (χ2v) is 5.50. The Morgan fingerprint density at radius 2 is 2.26 bits per heavy atom. The third kappa shape index (κ3) is 4.59. The van der Waals surface area contributed by atoms with Crippen molar-refractivity contribution in [3.63, 3.8) is 0 Å². The van der Waals surface area contributed by atoms with Gasteiger partial charge in [-0.1, -0.05) is 18.2 Å². The van der Waals surface area contributed by atoms with Crippen LogP contribution in [-0.2, 0) is 4.79 Å². The first-order valence-electron chi connectivity index (χ1n) is 6.54. The van der Waals surface area contributed by atoms with Crippen LogP contribution < -0.4 is 5.32 Å². The Kier molecular flexibility index (Phi) is 5.75. The lowest BCUT2D eigenvalue weighted by Crippen LogP contribution is -2.27. The first-order chi connectivity index (χ1) is 9.40. The van der Waals surface area contributed by atoms with Crippen molar-refractivity contribution in [2.45, 2.75) is 23.8 Å². The highest BCUT2D eigenvalue weighted by Crippen LogP contribution is 2.25. The van der Waals surface area contributed by atoms with E-state index < -0.39 is 0 Å². The Bertz CT molecular complexity index is 410. The molecule has 1 heterocycles. The summed E-state index contributed by atoms with van der Waals surface area (Å²) in [6.07, 6.45) is 4.84. The maximum absolute atomic E-state index is 10.1. The quantitative estimate of drug-likeness (QED) is 0.359. The molecule has 5 heteroatoms. The van der Waals surface area contributed by atoms with Crippen molar-refractivity contribution in [1.82, 2.24) is 10.3 Å². The van der Waals surface area contributed by atoms with E-state index in [1.54, 1.807) is 6.21 Å². The maximum Gasteiger partial charge on any atom is 0.207 e. The highest BCUT2D eigenvalue weighted by molar-refractivity contribution is 7.99. The van der Waals surface area contributed by atoms with Gasteiger partial charge in [0.2, 0.25) is 6.41 Å². The zero-order valence-corrected chi connectivity index (χ0v) is 11.7. The third-order valence-electron chi connectivity index (χ3n) is 3.05. The summed E-state index contributed by atoms with van der Waals surface area (Å²) in [5.41, 5.74) is 0. The summed E-state index contributed by atoms with van der Waals surface area (Å²) < 4.78 is 0. The van der Waals surface area contributed by atoms with E-state index in [1.165, 1.54) is 17.7 Å². The zero-order valence-electron chi connectivity index (χ0n) is 10.9. The Labute approximate surface area is 118 Å². The van der Waals surface area contributed by atoms with E-state index in [0.717, 1.165) is 12.3 Å². The van der Waals surface area contributed by atoms with Gasteiger partial charge in [-0.05, 0) is 25.0 Å². The average molecular weight is 277 g/mol. The second-order valence-electron chi connectivity index (χ2n) is 4.41. The number of hydrogen-bond donors (Lipinski definition) is 1. The van der Waals surface area contributed by atoms with Crippen molar-refractivity contribution >= 4 is 24.4 Å². The van der Waals surface area contributed by atoms with Crippen molar-refractivity contribution < 1.29 is 4.79 Å². The standard InChI is InChI=1S/C14H19N3OS/c18-12-15-8-9-16-17-10-4-5-13(17)11-19-14-6-2-1-3-7-14/h1-3,6-7,9,12-13H,4-5,8,10-11H2,(H,15,18)/b16-9+/t13-/m0/s1. The van der Waals surface area contributed by atoms with Crippen LogP contribution in [0.2, 0.25) is 0 Å². The second kappa shape index (κ2) is 7.84. The number of rotatable bonds is 7. The van der Waals surface area contributed by atoms with Crippen LogP contribution >= 0.6 is 11.8 Å². The molecular weight excluding hydrogens is 258 g/mol. The highest BCUT2D eigenvalue weighted by atomic mass is 32.2. The molecule has 1 aromatic carbocycles. The minimum atomic E-state index is 0.498. The van der Waals surface area contributed by atoms with Crippen molar-refractivity contribution in [1.29, 1.82) is 0 Å². The van der Waals surface area contributed by atoms with Gasteiger partial charge in [-0.25, -0.2) is 0 Å². The van der Waals surface area contributed by atoms with Crippen LogP contribution in [0.3, 0.4) is 0 Å². The fourth-order valence-electron chi connectivity index (χ4n) is 2.10. The Morgan fingerprint density at radius 1 is 1.42 bits per heavy atom. The van der Waals surface area contributed by atoms with E-state index in [2.05, 4.69) is 39.7 Å². The highest BCUT2D eigenvalue weighted by Gasteiger charge is 2.22. The Hall–Kier alpha value is -1.49. The van der Waals surface area contributed by atoms with Gasteiger partial charge in [0.05, 0.1) is 12.6 Å². The van der Waals surface area contributed by atoms with Crippen LogP contribution in [-0.4, -0.2) is 42.5 Å². The lowest BCUT2D eigenvalue weighted by molar-refractivity contribution is -0.109. The van der Waals surface area contributed by atoms with Crippen LogP contribution in [0.5, 0.6) is 0 Å². The molecule has 0 saturated carbocycles. The number of thioether (sulfide) groups is 1. The summed E-state index contributed by atoms with van der Waals surface area (Å²) in [6, 6.07) is 11.0. The fourth-order valence-corrected chi connectivity index (χ4v) is 3.17. The third-order valence-corrected chi connectivity index (χ3v) is 4.21. The number of hydrazone groups is 1. The molecule has 0 spiro atoms. The number of carbonyl (C=O) groups excluding carboxylic acids is 1. The molecule has 1 saturated heterocycles. The minimum Gasteiger partial charge on any atom is -0.354 e. The average Bonchev–Trinajstić information content (AvgIpc) is 2.90. The molecule has 1 aromatic rings. The van der Waals surface area contributed by atoms with E-state index in [4.69, 9.17) is 0 Å². The number of amides is 1.